The third-order valence-corrected chi connectivity index (χ3v) is 4.37. The molecule has 0 aliphatic carbocycles. The smallest absolute Gasteiger partial charge is 0.184 e. The topological polar surface area (TPSA) is 9.23 Å². The van der Waals surface area contributed by atoms with Gasteiger partial charge in [-0.15, -0.1) is 11.6 Å². The third-order valence-electron chi connectivity index (χ3n) is 2.23. The molecule has 0 radical (unpaired) electrons. The lowest BCUT2D eigenvalue weighted by Gasteiger charge is -2.36. The fraction of sp³-hybridized carbons (Fsp3) is 1.00. The molecule has 0 heterocycles. The summed E-state index contributed by atoms with van der Waals surface area (Å²) in [6.45, 7) is 9.03. The predicted octanol–water partition coefficient (Wildman–Crippen LogP) is 4.83. The van der Waals surface area contributed by atoms with Gasteiger partial charge in [0.25, 0.3) is 0 Å². The molecule has 0 aromatic heterocycles. The molecule has 0 bridgehead atoms. The predicted molar refractivity (Wildman–Crippen MR) is 80.9 cm³/mol. The van der Waals surface area contributed by atoms with E-state index in [1.165, 1.54) is 10.8 Å². The van der Waals surface area contributed by atoms with Crippen LogP contribution in [0.15, 0.2) is 0 Å². The Morgan fingerprint density at radius 2 is 1.73 bits per heavy atom. The van der Waals surface area contributed by atoms with Gasteiger partial charge in [0.1, 0.15) is 0 Å². The molecule has 0 aromatic carbocycles. The van der Waals surface area contributed by atoms with Crippen molar-refractivity contribution in [3.63, 3.8) is 0 Å². The van der Waals surface area contributed by atoms with Crippen LogP contribution in [0.1, 0.15) is 32.6 Å². The van der Waals surface area contributed by atoms with Crippen LogP contribution in [0.4, 0.5) is 0 Å². The Morgan fingerprint density at radius 1 is 1.20 bits per heavy atom. The summed E-state index contributed by atoms with van der Waals surface area (Å²) < 4.78 is 7.52. The van der Waals surface area contributed by atoms with E-state index in [0.717, 1.165) is 25.1 Å². The van der Waals surface area contributed by atoms with Crippen molar-refractivity contribution in [3.05, 3.63) is 0 Å². The van der Waals surface area contributed by atoms with Crippen molar-refractivity contribution in [3.8, 4) is 0 Å². The number of hydrogen-bond donors (Lipinski definition) is 0. The maximum Gasteiger partial charge on any atom is 0.184 e. The van der Waals surface area contributed by atoms with Crippen molar-refractivity contribution in [2.45, 2.75) is 57.8 Å². The molecule has 1 atom stereocenters. The lowest BCUT2D eigenvalue weighted by Crippen LogP contribution is -2.40. The van der Waals surface area contributed by atoms with Gasteiger partial charge in [0.2, 0.25) is 0 Å². The van der Waals surface area contributed by atoms with E-state index in [1.807, 2.05) is 0 Å². The molecule has 0 rings (SSSR count). The van der Waals surface area contributed by atoms with Gasteiger partial charge in [0, 0.05) is 5.88 Å². The second-order valence-electron chi connectivity index (χ2n) is 5.25. The molecule has 0 fully saturated rings. The fourth-order valence-corrected chi connectivity index (χ4v) is 4.05. The van der Waals surface area contributed by atoms with Crippen LogP contribution in [0, 0.1) is 0 Å². The average Bonchev–Trinajstić information content (AvgIpc) is 2.09. The molecule has 1 nitrogen and oxygen atoms in total. The van der Waals surface area contributed by atoms with E-state index >= 15 is 0 Å². The van der Waals surface area contributed by atoms with Crippen molar-refractivity contribution in [1.82, 2.24) is 0 Å². The Labute approximate surface area is 115 Å². The van der Waals surface area contributed by atoms with Crippen LogP contribution < -0.4 is 0 Å². The molecule has 0 aliphatic rings. The second kappa shape index (κ2) is 7.51. The van der Waals surface area contributed by atoms with E-state index < -0.39 is 8.32 Å². The van der Waals surface area contributed by atoms with Crippen LogP contribution in [0.5, 0.6) is 0 Å². The minimum Gasteiger partial charge on any atom is -0.412 e. The fourth-order valence-electron chi connectivity index (χ4n) is 1.85. The third kappa shape index (κ3) is 8.95. The molecule has 15 heavy (non-hydrogen) atoms. The second-order valence-corrected chi connectivity index (χ2v) is 11.1. The van der Waals surface area contributed by atoms with E-state index in [4.69, 9.17) is 16.0 Å². The highest BCUT2D eigenvalue weighted by Gasteiger charge is 2.30. The summed E-state index contributed by atoms with van der Waals surface area (Å²) in [5, 5.41) is 0. The molecule has 4 heteroatoms. The van der Waals surface area contributed by atoms with Crippen LogP contribution in [-0.2, 0) is 4.43 Å². The Morgan fingerprint density at radius 3 is 2.13 bits per heavy atom. The van der Waals surface area contributed by atoms with Crippen LogP contribution in [0.3, 0.4) is 0 Å². The summed E-state index contributed by atoms with van der Waals surface area (Å²) in [7, 11) is -1.44. The van der Waals surface area contributed by atoms with Crippen molar-refractivity contribution < 1.29 is 4.43 Å². The molecule has 0 saturated carbocycles. The highest BCUT2D eigenvalue weighted by Crippen LogP contribution is 2.28. The van der Waals surface area contributed by atoms with Gasteiger partial charge in [-0.3, -0.25) is 0 Å². The first-order valence-corrected chi connectivity index (χ1v) is 11.1. The maximum atomic E-state index is 6.31. The first kappa shape index (κ1) is 16.2. The van der Waals surface area contributed by atoms with Crippen LogP contribution in [0.25, 0.3) is 0 Å². The van der Waals surface area contributed by atoms with Crippen molar-refractivity contribution in [2.75, 3.05) is 10.3 Å². The van der Waals surface area contributed by atoms with Crippen molar-refractivity contribution >= 4 is 42.5 Å². The lowest BCUT2D eigenvalue weighted by molar-refractivity contribution is 0.0608. The molecule has 0 amide bonds. The number of alkyl halides is 2. The quantitative estimate of drug-likeness (QED) is 0.341. The molecular formula is C11H24ClIOSi. The average molecular weight is 363 g/mol. The van der Waals surface area contributed by atoms with Gasteiger partial charge in [0.15, 0.2) is 8.32 Å². The summed E-state index contributed by atoms with van der Waals surface area (Å²) in [6.07, 6.45) is 4.56. The SMILES string of the molecule is CC(CCCCl)(CCCI)O[Si](C)(C)C. The molecule has 1 unspecified atom stereocenters. The Hall–Kier alpha value is 1.20. The first-order chi connectivity index (χ1) is 6.83. The van der Waals surface area contributed by atoms with Gasteiger partial charge in [-0.05, 0) is 56.7 Å². The lowest BCUT2D eigenvalue weighted by atomic mass is 9.95. The van der Waals surface area contributed by atoms with Gasteiger partial charge in [-0.1, -0.05) is 22.6 Å². The molecule has 0 saturated heterocycles. The Balaban J connectivity index is 4.26. The minimum atomic E-state index is -1.44. The summed E-state index contributed by atoms with van der Waals surface area (Å²) >= 11 is 8.20. The maximum absolute atomic E-state index is 6.31. The molecular weight excluding hydrogens is 339 g/mol. The van der Waals surface area contributed by atoms with Gasteiger partial charge >= 0.3 is 0 Å². The zero-order valence-electron chi connectivity index (χ0n) is 10.4. The van der Waals surface area contributed by atoms with Gasteiger partial charge in [-0.25, -0.2) is 0 Å². The first-order valence-electron chi connectivity index (χ1n) is 5.65. The van der Waals surface area contributed by atoms with Crippen LogP contribution in [-0.4, -0.2) is 24.2 Å². The normalized spacial score (nSPS) is 16.4. The number of rotatable bonds is 8. The number of hydrogen-bond acceptors (Lipinski definition) is 1. The van der Waals surface area contributed by atoms with E-state index in [1.54, 1.807) is 0 Å². The zero-order valence-corrected chi connectivity index (χ0v) is 14.3. The highest BCUT2D eigenvalue weighted by molar-refractivity contribution is 14.1. The summed E-state index contributed by atoms with van der Waals surface area (Å²) in [5.74, 6) is 0.745. The molecule has 0 aliphatic heterocycles. The Bertz CT molecular complexity index is 162. The minimum absolute atomic E-state index is 0.0601. The van der Waals surface area contributed by atoms with E-state index in [0.29, 0.717) is 0 Å². The van der Waals surface area contributed by atoms with E-state index in [-0.39, 0.29) is 5.60 Å². The molecule has 92 valence electrons. The van der Waals surface area contributed by atoms with Gasteiger partial charge in [-0.2, -0.15) is 0 Å². The summed E-state index contributed by atoms with van der Waals surface area (Å²) in [4.78, 5) is 0. The zero-order chi connectivity index (χ0) is 11.9. The van der Waals surface area contributed by atoms with E-state index in [2.05, 4.69) is 49.2 Å². The van der Waals surface area contributed by atoms with Gasteiger partial charge < -0.3 is 4.43 Å². The molecule has 0 N–H and O–H groups in total. The van der Waals surface area contributed by atoms with E-state index in [9.17, 15) is 0 Å². The summed E-state index contributed by atoms with van der Waals surface area (Å²) in [6, 6.07) is 0. The highest BCUT2D eigenvalue weighted by atomic mass is 127. The van der Waals surface area contributed by atoms with Crippen LogP contribution >= 0.6 is 34.2 Å². The van der Waals surface area contributed by atoms with Crippen molar-refractivity contribution in [2.24, 2.45) is 0 Å². The van der Waals surface area contributed by atoms with Gasteiger partial charge in [0.05, 0.1) is 5.60 Å². The Kier molecular flexibility index (Phi) is 8.11. The summed E-state index contributed by atoms with van der Waals surface area (Å²) in [5.41, 5.74) is 0.0601. The molecule has 0 spiro atoms. The largest absolute Gasteiger partial charge is 0.412 e. The molecule has 0 aromatic rings. The monoisotopic (exact) mass is 362 g/mol. The van der Waals surface area contributed by atoms with Crippen molar-refractivity contribution in [1.29, 1.82) is 0 Å². The number of halogens is 2. The van der Waals surface area contributed by atoms with Crippen LogP contribution in [0.2, 0.25) is 19.6 Å². The standard InChI is InChI=1S/C11H24ClIOSi/c1-11(7-5-9-12,8-6-10-13)14-15(2,3)4/h5-10H2,1-4H3.